The third-order valence-electron chi connectivity index (χ3n) is 2.70. The normalized spacial score (nSPS) is 11.0. The molecule has 0 aliphatic heterocycles. The predicted octanol–water partition coefficient (Wildman–Crippen LogP) is 0.253. The number of nitro benzene ring substituents is 2. The Morgan fingerprint density at radius 1 is 0.909 bits per heavy atom. The number of nitrogens with zero attached hydrogens (tertiary/aromatic N) is 2. The van der Waals surface area contributed by atoms with Crippen molar-refractivity contribution in [2.75, 3.05) is 0 Å². The monoisotopic (exact) mass is 450 g/mol. The van der Waals surface area contributed by atoms with Gasteiger partial charge in [-0.05, 0) is 29.3 Å². The van der Waals surface area contributed by atoms with E-state index >= 15 is 0 Å². The summed E-state index contributed by atoms with van der Waals surface area (Å²) in [5, 5.41) is 32.6. The fourth-order valence-corrected chi connectivity index (χ4v) is 2.28. The van der Waals surface area contributed by atoms with Crippen LogP contribution in [0.2, 0.25) is 0 Å². The summed E-state index contributed by atoms with van der Waals surface area (Å²) in [6.45, 7) is 0. The molecular formula is C10H4BaN2O8S. The van der Waals surface area contributed by atoms with Gasteiger partial charge in [0.2, 0.25) is 0 Å². The van der Waals surface area contributed by atoms with Crippen LogP contribution >= 0.6 is 0 Å². The van der Waals surface area contributed by atoms with Crippen LogP contribution in [0.4, 0.5) is 11.4 Å². The van der Waals surface area contributed by atoms with E-state index < -0.39 is 47.4 Å². The maximum atomic E-state index is 11.9. The first-order valence-electron chi connectivity index (χ1n) is 5.15. The molecule has 0 fully saturated rings. The molecule has 0 N–H and O–H groups in total. The molecule has 0 atom stereocenters. The molecule has 10 nitrogen and oxygen atoms in total. The van der Waals surface area contributed by atoms with E-state index in [0.717, 1.165) is 12.1 Å². The molecule has 0 saturated heterocycles. The number of nitro groups is 2. The van der Waals surface area contributed by atoms with E-state index in [9.17, 15) is 38.3 Å². The topological polar surface area (TPSA) is 167 Å². The molecule has 0 radical (unpaired) electrons. The Balaban J connectivity index is 0.00000242. The molecule has 0 heterocycles. The molecule has 2 rings (SSSR count). The van der Waals surface area contributed by atoms with Gasteiger partial charge in [0.05, 0.1) is 26.2 Å². The van der Waals surface area contributed by atoms with Gasteiger partial charge in [-0.2, -0.15) is 0 Å². The molecule has 12 heteroatoms. The van der Waals surface area contributed by atoms with Crippen molar-refractivity contribution in [3.8, 4) is 5.75 Å². The predicted molar refractivity (Wildman–Crippen MR) is 70.4 cm³/mol. The van der Waals surface area contributed by atoms with Crippen molar-refractivity contribution in [1.29, 1.82) is 0 Å². The van der Waals surface area contributed by atoms with Crippen LogP contribution < -0.4 is 5.11 Å². The molecule has 0 bridgehead atoms. The third kappa shape index (κ3) is 3.40. The smallest absolute Gasteiger partial charge is 0.867 e. The standard InChI is InChI=1S/C10H6N2O8S.Ba/c13-10-7-3-5(21(18,19)20)1-2-6(7)8(11(14)15)4-9(10)12(16)17;/h1-4,13H,(H,18,19,20);/q;+2/p-2. The van der Waals surface area contributed by atoms with Gasteiger partial charge in [-0.15, -0.1) is 0 Å². The van der Waals surface area contributed by atoms with E-state index in [-0.39, 0.29) is 54.3 Å². The summed E-state index contributed by atoms with van der Waals surface area (Å²) in [5.74, 6) is -1.20. The molecule has 0 amide bonds. The minimum absolute atomic E-state index is 0. The van der Waals surface area contributed by atoms with E-state index in [4.69, 9.17) is 0 Å². The Hall–Kier alpha value is -1.22. The largest absolute Gasteiger partial charge is 2.00 e. The summed E-state index contributed by atoms with van der Waals surface area (Å²) in [6, 6.07) is 2.78. The van der Waals surface area contributed by atoms with E-state index in [1.807, 2.05) is 0 Å². The van der Waals surface area contributed by atoms with Crippen LogP contribution in [0.15, 0.2) is 29.2 Å². The Bertz CT molecular complexity index is 895. The van der Waals surface area contributed by atoms with Crippen molar-refractivity contribution in [3.05, 3.63) is 44.5 Å². The first-order valence-corrected chi connectivity index (χ1v) is 6.56. The maximum absolute atomic E-state index is 11.9. The van der Waals surface area contributed by atoms with Crippen molar-refractivity contribution < 1.29 is 27.9 Å². The molecule has 2 aromatic carbocycles. The van der Waals surface area contributed by atoms with Crippen LogP contribution in [0.1, 0.15) is 0 Å². The zero-order chi connectivity index (χ0) is 15.9. The Morgan fingerprint density at radius 2 is 1.45 bits per heavy atom. The van der Waals surface area contributed by atoms with E-state index in [0.29, 0.717) is 12.1 Å². The molecule has 0 aromatic heterocycles. The Labute approximate surface area is 162 Å². The molecule has 2 aromatic rings. The number of hydrogen-bond donors (Lipinski definition) is 0. The van der Waals surface area contributed by atoms with Crippen LogP contribution in [-0.2, 0) is 10.1 Å². The summed E-state index contributed by atoms with van der Waals surface area (Å²) in [5.41, 5.74) is -1.80. The average Bonchev–Trinajstić information content (AvgIpc) is 2.36. The zero-order valence-electron chi connectivity index (χ0n) is 10.6. The summed E-state index contributed by atoms with van der Waals surface area (Å²) >= 11 is 0. The van der Waals surface area contributed by atoms with Crippen molar-refractivity contribution in [2.45, 2.75) is 4.90 Å². The van der Waals surface area contributed by atoms with Crippen LogP contribution in [0.3, 0.4) is 0 Å². The molecule has 110 valence electrons. The summed E-state index contributed by atoms with van der Waals surface area (Å²) in [6.07, 6.45) is 0. The molecule has 22 heavy (non-hydrogen) atoms. The summed E-state index contributed by atoms with van der Waals surface area (Å²) in [7, 11) is -4.91. The minimum Gasteiger partial charge on any atom is -0.867 e. The maximum Gasteiger partial charge on any atom is 2.00 e. The minimum atomic E-state index is -4.91. The first kappa shape index (κ1) is 18.8. The van der Waals surface area contributed by atoms with Crippen LogP contribution in [-0.4, -0.2) is 71.7 Å². The van der Waals surface area contributed by atoms with Gasteiger partial charge >= 0.3 is 48.9 Å². The van der Waals surface area contributed by atoms with Gasteiger partial charge in [-0.3, -0.25) is 20.2 Å². The van der Waals surface area contributed by atoms with Gasteiger partial charge in [0, 0.05) is 0 Å². The number of non-ortho nitro benzene ring substituents is 1. The zero-order valence-corrected chi connectivity index (χ0v) is 15.8. The fourth-order valence-electron chi connectivity index (χ4n) is 1.79. The number of benzene rings is 2. The van der Waals surface area contributed by atoms with E-state index in [2.05, 4.69) is 0 Å². The van der Waals surface area contributed by atoms with Crippen molar-refractivity contribution >= 4 is 81.1 Å². The van der Waals surface area contributed by atoms with Gasteiger partial charge in [0.1, 0.15) is 10.1 Å². The van der Waals surface area contributed by atoms with Crippen molar-refractivity contribution in [2.24, 2.45) is 0 Å². The third-order valence-corrected chi connectivity index (χ3v) is 3.53. The van der Waals surface area contributed by atoms with Crippen molar-refractivity contribution in [3.63, 3.8) is 0 Å². The first-order chi connectivity index (χ1) is 9.62. The number of rotatable bonds is 3. The van der Waals surface area contributed by atoms with Crippen LogP contribution in [0.5, 0.6) is 5.75 Å². The van der Waals surface area contributed by atoms with Gasteiger partial charge < -0.3 is 9.66 Å². The molecule has 0 aliphatic carbocycles. The Morgan fingerprint density at radius 3 is 1.91 bits per heavy atom. The van der Waals surface area contributed by atoms with Crippen LogP contribution in [0, 0.1) is 20.2 Å². The van der Waals surface area contributed by atoms with Gasteiger partial charge in [-0.25, -0.2) is 8.42 Å². The van der Waals surface area contributed by atoms with Gasteiger partial charge in [0.15, 0.2) is 0 Å². The van der Waals surface area contributed by atoms with E-state index in [1.54, 1.807) is 0 Å². The molecular weight excluding hydrogens is 446 g/mol. The average molecular weight is 450 g/mol. The quantitative estimate of drug-likeness (QED) is 0.278. The molecule has 0 spiro atoms. The van der Waals surface area contributed by atoms with Crippen LogP contribution in [0.25, 0.3) is 10.8 Å². The fraction of sp³-hybridized carbons (Fsp3) is 0. The number of hydrogen-bond acceptors (Lipinski definition) is 8. The number of fused-ring (bicyclic) bond motifs is 1. The van der Waals surface area contributed by atoms with Gasteiger partial charge in [-0.1, -0.05) is 0 Å². The second-order valence-corrected chi connectivity index (χ2v) is 5.30. The van der Waals surface area contributed by atoms with Crippen molar-refractivity contribution in [1.82, 2.24) is 0 Å². The van der Waals surface area contributed by atoms with E-state index in [1.165, 1.54) is 0 Å². The molecule has 0 unspecified atom stereocenters. The summed E-state index contributed by atoms with van der Waals surface area (Å²) in [4.78, 5) is 18.7. The second-order valence-electron chi connectivity index (χ2n) is 3.92. The Kier molecular flexibility index (Phi) is 5.56. The summed E-state index contributed by atoms with van der Waals surface area (Å²) < 4.78 is 32.7. The molecule has 0 saturated carbocycles. The molecule has 0 aliphatic rings. The van der Waals surface area contributed by atoms with Gasteiger partial charge in [0.25, 0.3) is 11.4 Å². The second kappa shape index (κ2) is 6.49. The SMILES string of the molecule is O=[N+]([O-])c1cc([N+](=O)[O-])c2ccc(S(=O)(=O)[O-])cc2c1[O-].[Ba+2].